The molecule has 2 aromatic carbocycles. The molecule has 2 rings (SSSR count). The second-order valence-corrected chi connectivity index (χ2v) is 4.79. The van der Waals surface area contributed by atoms with Crippen molar-refractivity contribution in [1.82, 2.24) is 0 Å². The molecule has 0 bridgehead atoms. The molecule has 0 saturated heterocycles. The summed E-state index contributed by atoms with van der Waals surface area (Å²) in [6, 6.07) is 11.9. The summed E-state index contributed by atoms with van der Waals surface area (Å²) in [7, 11) is 1.34. The molecular formula is C17H17NO4. The molecule has 5 nitrogen and oxygen atoms in total. The standard InChI is InChI=1S/C17H17NO4/c1-11(19)15-7-6-14(9-16(15)18)22-10-12-4-3-5-13(8-12)17(20)21-2/h3-9H,10,18H2,1-2H3. The number of nitrogens with two attached hydrogens (primary N) is 1. The van der Waals surface area contributed by atoms with E-state index in [9.17, 15) is 9.59 Å². The summed E-state index contributed by atoms with van der Waals surface area (Å²) < 4.78 is 10.3. The maximum absolute atomic E-state index is 11.5. The van der Waals surface area contributed by atoms with Crippen molar-refractivity contribution in [2.45, 2.75) is 13.5 Å². The van der Waals surface area contributed by atoms with Gasteiger partial charge in [-0.05, 0) is 36.8 Å². The molecule has 0 atom stereocenters. The minimum Gasteiger partial charge on any atom is -0.489 e. The van der Waals surface area contributed by atoms with Crippen molar-refractivity contribution in [2.75, 3.05) is 12.8 Å². The highest BCUT2D eigenvalue weighted by molar-refractivity contribution is 5.99. The quantitative estimate of drug-likeness (QED) is 0.522. The van der Waals surface area contributed by atoms with Gasteiger partial charge in [0.2, 0.25) is 0 Å². The summed E-state index contributed by atoms with van der Waals surface area (Å²) in [5.74, 6) is 0.0812. The number of nitrogen functional groups attached to an aromatic ring is 1. The van der Waals surface area contributed by atoms with Gasteiger partial charge in [-0.15, -0.1) is 0 Å². The normalized spacial score (nSPS) is 10.1. The zero-order valence-corrected chi connectivity index (χ0v) is 12.5. The Morgan fingerprint density at radius 1 is 1.14 bits per heavy atom. The van der Waals surface area contributed by atoms with Gasteiger partial charge < -0.3 is 15.2 Å². The summed E-state index contributed by atoms with van der Waals surface area (Å²) >= 11 is 0. The molecule has 0 aliphatic rings. The monoisotopic (exact) mass is 299 g/mol. The first-order valence-electron chi connectivity index (χ1n) is 6.72. The second-order valence-electron chi connectivity index (χ2n) is 4.79. The van der Waals surface area contributed by atoms with Gasteiger partial charge in [0.15, 0.2) is 5.78 Å². The smallest absolute Gasteiger partial charge is 0.337 e. The number of methoxy groups -OCH3 is 1. The van der Waals surface area contributed by atoms with Gasteiger partial charge >= 0.3 is 5.97 Å². The number of esters is 1. The number of hydrogen-bond donors (Lipinski definition) is 1. The fraction of sp³-hybridized carbons (Fsp3) is 0.176. The average molecular weight is 299 g/mol. The molecule has 0 unspecified atom stereocenters. The molecule has 0 aromatic heterocycles. The summed E-state index contributed by atoms with van der Waals surface area (Å²) in [6.45, 7) is 1.74. The first-order chi connectivity index (χ1) is 10.5. The van der Waals surface area contributed by atoms with E-state index in [1.54, 1.807) is 36.4 Å². The van der Waals surface area contributed by atoms with E-state index in [-0.39, 0.29) is 12.4 Å². The largest absolute Gasteiger partial charge is 0.489 e. The van der Waals surface area contributed by atoms with Crippen LogP contribution in [0.5, 0.6) is 5.75 Å². The van der Waals surface area contributed by atoms with Gasteiger partial charge in [-0.3, -0.25) is 4.79 Å². The van der Waals surface area contributed by atoms with E-state index in [4.69, 9.17) is 10.5 Å². The molecule has 0 aliphatic carbocycles. The molecule has 5 heteroatoms. The van der Waals surface area contributed by atoms with E-state index in [1.165, 1.54) is 14.0 Å². The van der Waals surface area contributed by atoms with Crippen LogP contribution < -0.4 is 10.5 Å². The van der Waals surface area contributed by atoms with E-state index >= 15 is 0 Å². The lowest BCUT2D eigenvalue weighted by molar-refractivity contribution is 0.0600. The van der Waals surface area contributed by atoms with Gasteiger partial charge in [0.05, 0.1) is 12.7 Å². The fourth-order valence-electron chi connectivity index (χ4n) is 2.02. The maximum atomic E-state index is 11.5. The number of hydrogen-bond acceptors (Lipinski definition) is 5. The second kappa shape index (κ2) is 6.76. The Balaban J connectivity index is 2.09. The minimum absolute atomic E-state index is 0.0881. The van der Waals surface area contributed by atoms with E-state index in [0.717, 1.165) is 5.56 Å². The van der Waals surface area contributed by atoms with Crippen molar-refractivity contribution in [2.24, 2.45) is 0 Å². The molecule has 2 aromatic rings. The molecule has 2 N–H and O–H groups in total. The maximum Gasteiger partial charge on any atom is 0.337 e. The van der Waals surface area contributed by atoms with Gasteiger partial charge in [0, 0.05) is 17.3 Å². The number of carbonyl (C=O) groups is 2. The van der Waals surface area contributed by atoms with Crippen molar-refractivity contribution in [1.29, 1.82) is 0 Å². The Morgan fingerprint density at radius 2 is 1.91 bits per heavy atom. The van der Waals surface area contributed by atoms with E-state index in [1.807, 2.05) is 6.07 Å². The Hall–Kier alpha value is -2.82. The van der Waals surface area contributed by atoms with Crippen LogP contribution in [0.1, 0.15) is 33.2 Å². The predicted octanol–water partition coefficient (Wildman–Crippen LogP) is 2.84. The Morgan fingerprint density at radius 3 is 2.55 bits per heavy atom. The van der Waals surface area contributed by atoms with Crippen LogP contribution in [0.3, 0.4) is 0 Å². The number of ketones is 1. The van der Waals surface area contributed by atoms with Crippen LogP contribution in [0.25, 0.3) is 0 Å². The highest BCUT2D eigenvalue weighted by Gasteiger charge is 2.08. The zero-order chi connectivity index (χ0) is 16.1. The van der Waals surface area contributed by atoms with Crippen molar-refractivity contribution >= 4 is 17.4 Å². The van der Waals surface area contributed by atoms with Crippen LogP contribution in [0, 0.1) is 0 Å². The highest BCUT2D eigenvalue weighted by atomic mass is 16.5. The third-order valence-corrected chi connectivity index (χ3v) is 3.16. The number of anilines is 1. The van der Waals surface area contributed by atoms with Gasteiger partial charge in [0.25, 0.3) is 0 Å². The summed E-state index contributed by atoms with van der Waals surface area (Å²) in [6.07, 6.45) is 0. The van der Waals surface area contributed by atoms with Crippen molar-refractivity contribution < 1.29 is 19.1 Å². The lowest BCUT2D eigenvalue weighted by Crippen LogP contribution is -2.04. The van der Waals surface area contributed by atoms with Crippen molar-refractivity contribution in [3.05, 3.63) is 59.2 Å². The van der Waals surface area contributed by atoms with Crippen LogP contribution in [0.4, 0.5) is 5.69 Å². The van der Waals surface area contributed by atoms with Crippen LogP contribution in [0.15, 0.2) is 42.5 Å². The van der Waals surface area contributed by atoms with E-state index in [0.29, 0.717) is 22.6 Å². The third-order valence-electron chi connectivity index (χ3n) is 3.16. The number of rotatable bonds is 5. The first-order valence-corrected chi connectivity index (χ1v) is 6.72. The Kier molecular flexibility index (Phi) is 4.78. The average Bonchev–Trinajstić information content (AvgIpc) is 2.52. The number of Topliss-reactive ketones (excluding diaryl/α,β-unsaturated/α-hetero) is 1. The van der Waals surface area contributed by atoms with Gasteiger partial charge in [-0.2, -0.15) is 0 Å². The lowest BCUT2D eigenvalue weighted by atomic mass is 10.1. The van der Waals surface area contributed by atoms with Crippen LogP contribution in [-0.2, 0) is 11.3 Å². The van der Waals surface area contributed by atoms with E-state index < -0.39 is 5.97 Å². The Labute approximate surface area is 128 Å². The molecule has 0 heterocycles. The molecule has 0 aliphatic heterocycles. The molecule has 22 heavy (non-hydrogen) atoms. The third kappa shape index (κ3) is 3.63. The molecule has 114 valence electrons. The van der Waals surface area contributed by atoms with Crippen LogP contribution >= 0.6 is 0 Å². The van der Waals surface area contributed by atoms with E-state index in [2.05, 4.69) is 4.74 Å². The molecule has 0 amide bonds. The van der Waals surface area contributed by atoms with Gasteiger partial charge in [0.1, 0.15) is 12.4 Å². The topological polar surface area (TPSA) is 78.6 Å². The predicted molar refractivity (Wildman–Crippen MR) is 83.0 cm³/mol. The SMILES string of the molecule is COC(=O)c1cccc(COc2ccc(C(C)=O)c(N)c2)c1. The zero-order valence-electron chi connectivity index (χ0n) is 12.5. The van der Waals surface area contributed by atoms with Crippen molar-refractivity contribution in [3.8, 4) is 5.75 Å². The van der Waals surface area contributed by atoms with Crippen LogP contribution in [-0.4, -0.2) is 18.9 Å². The molecular weight excluding hydrogens is 282 g/mol. The highest BCUT2D eigenvalue weighted by Crippen LogP contribution is 2.21. The summed E-state index contributed by atoms with van der Waals surface area (Å²) in [5.41, 5.74) is 7.96. The molecule has 0 spiro atoms. The molecule has 0 radical (unpaired) electrons. The van der Waals surface area contributed by atoms with Crippen LogP contribution in [0.2, 0.25) is 0 Å². The fourth-order valence-corrected chi connectivity index (χ4v) is 2.02. The lowest BCUT2D eigenvalue weighted by Gasteiger charge is -2.09. The minimum atomic E-state index is -0.392. The Bertz CT molecular complexity index is 710. The van der Waals surface area contributed by atoms with Gasteiger partial charge in [-0.25, -0.2) is 4.79 Å². The molecule has 0 fully saturated rings. The van der Waals surface area contributed by atoms with Crippen molar-refractivity contribution in [3.63, 3.8) is 0 Å². The van der Waals surface area contributed by atoms with Gasteiger partial charge in [-0.1, -0.05) is 12.1 Å². The number of carbonyl (C=O) groups excluding carboxylic acids is 2. The summed E-state index contributed by atoms with van der Waals surface area (Å²) in [5, 5.41) is 0. The summed E-state index contributed by atoms with van der Waals surface area (Å²) in [4.78, 5) is 22.8. The molecule has 0 saturated carbocycles. The number of benzene rings is 2. The number of ether oxygens (including phenoxy) is 2. The first kappa shape index (κ1) is 15.6.